The van der Waals surface area contributed by atoms with Crippen LogP contribution < -0.4 is 4.74 Å². The van der Waals surface area contributed by atoms with Gasteiger partial charge in [0, 0.05) is 11.0 Å². The molecule has 2 atom stereocenters. The van der Waals surface area contributed by atoms with Crippen molar-refractivity contribution in [2.75, 3.05) is 0 Å². The molecule has 2 aliphatic rings. The Balaban J connectivity index is 1.97. The summed E-state index contributed by atoms with van der Waals surface area (Å²) in [5, 5.41) is 10.7. The van der Waals surface area contributed by atoms with Gasteiger partial charge in [0.05, 0.1) is 0 Å². The Morgan fingerprint density at radius 3 is 2.78 bits per heavy atom. The van der Waals surface area contributed by atoms with Gasteiger partial charge in [-0.15, -0.1) is 0 Å². The minimum absolute atomic E-state index is 0.148. The second-order valence-corrected chi connectivity index (χ2v) is 7.91. The highest BCUT2D eigenvalue weighted by Crippen LogP contribution is 2.51. The summed E-state index contributed by atoms with van der Waals surface area (Å²) in [6.07, 6.45) is 9.35. The number of allylic oxidation sites excluding steroid dienone is 1. The first-order valence-electron chi connectivity index (χ1n) is 9.17. The van der Waals surface area contributed by atoms with Gasteiger partial charge in [-0.1, -0.05) is 46.6 Å². The molecule has 0 saturated heterocycles. The highest BCUT2D eigenvalue weighted by molar-refractivity contribution is 5.57. The van der Waals surface area contributed by atoms with E-state index in [0.717, 1.165) is 30.6 Å². The lowest BCUT2D eigenvalue weighted by molar-refractivity contribution is 0.156. The van der Waals surface area contributed by atoms with Crippen LogP contribution in [0.5, 0.6) is 11.5 Å². The van der Waals surface area contributed by atoms with E-state index in [2.05, 4.69) is 39.8 Å². The molecule has 0 fully saturated rings. The molecule has 1 N–H and O–H groups in total. The Kier molecular flexibility index (Phi) is 4.44. The molecule has 2 unspecified atom stereocenters. The zero-order chi connectivity index (χ0) is 16.6. The van der Waals surface area contributed by atoms with Crippen LogP contribution in [-0.4, -0.2) is 11.2 Å². The van der Waals surface area contributed by atoms with Gasteiger partial charge in [-0.25, -0.2) is 0 Å². The van der Waals surface area contributed by atoms with Crippen molar-refractivity contribution in [3.05, 3.63) is 34.9 Å². The van der Waals surface area contributed by atoms with Crippen molar-refractivity contribution in [1.82, 2.24) is 0 Å². The van der Waals surface area contributed by atoms with Crippen molar-refractivity contribution < 1.29 is 9.84 Å². The number of rotatable bonds is 4. The van der Waals surface area contributed by atoms with Crippen LogP contribution in [0.15, 0.2) is 23.8 Å². The average molecular weight is 314 g/mol. The van der Waals surface area contributed by atoms with Crippen molar-refractivity contribution in [2.45, 2.75) is 77.7 Å². The van der Waals surface area contributed by atoms with Gasteiger partial charge in [-0.05, 0) is 54.9 Å². The summed E-state index contributed by atoms with van der Waals surface area (Å²) in [6, 6.07) is 4.12. The van der Waals surface area contributed by atoms with Crippen molar-refractivity contribution in [3.8, 4) is 11.5 Å². The van der Waals surface area contributed by atoms with E-state index in [-0.39, 0.29) is 11.5 Å². The van der Waals surface area contributed by atoms with E-state index in [1.165, 1.54) is 30.4 Å². The number of hydrogen-bond acceptors (Lipinski definition) is 2. The van der Waals surface area contributed by atoms with Gasteiger partial charge < -0.3 is 9.84 Å². The molecule has 0 amide bonds. The number of unbranched alkanes of at least 4 members (excludes halogenated alkanes) is 2. The van der Waals surface area contributed by atoms with E-state index in [0.29, 0.717) is 11.7 Å². The average Bonchev–Trinajstić information content (AvgIpc) is 2.46. The smallest absolute Gasteiger partial charge is 0.128 e. The fraction of sp³-hybridized carbons (Fsp3) is 0.619. The van der Waals surface area contributed by atoms with Crippen LogP contribution in [-0.2, 0) is 11.8 Å². The molecule has 0 aromatic heterocycles. The van der Waals surface area contributed by atoms with Gasteiger partial charge in [0.2, 0.25) is 0 Å². The topological polar surface area (TPSA) is 29.5 Å². The molecule has 2 nitrogen and oxygen atoms in total. The maximum Gasteiger partial charge on any atom is 0.128 e. The number of aryl methyl sites for hydroxylation is 1. The quantitative estimate of drug-likeness (QED) is 0.585. The summed E-state index contributed by atoms with van der Waals surface area (Å²) in [5.41, 5.74) is 3.36. The number of phenolic OH excluding ortho intramolecular Hbond substituents is 1. The fourth-order valence-electron chi connectivity index (χ4n) is 4.22. The molecule has 0 bridgehead atoms. The van der Waals surface area contributed by atoms with Crippen molar-refractivity contribution in [2.24, 2.45) is 5.92 Å². The normalized spacial score (nSPS) is 25.1. The zero-order valence-corrected chi connectivity index (χ0v) is 15.0. The maximum atomic E-state index is 10.7. The molecule has 1 aliphatic heterocycles. The van der Waals surface area contributed by atoms with Crippen LogP contribution in [0.3, 0.4) is 0 Å². The predicted octanol–water partition coefficient (Wildman–Crippen LogP) is 5.52. The Labute approximate surface area is 140 Å². The fourth-order valence-corrected chi connectivity index (χ4v) is 4.22. The first-order chi connectivity index (χ1) is 10.9. The Bertz CT molecular complexity index is 613. The largest absolute Gasteiger partial charge is 0.507 e. The third kappa shape index (κ3) is 3.00. The molecular formula is C21H30O2. The summed E-state index contributed by atoms with van der Waals surface area (Å²) in [7, 11) is 0. The molecule has 3 rings (SSSR count). The van der Waals surface area contributed by atoms with E-state index in [9.17, 15) is 5.11 Å². The minimum atomic E-state index is -0.148. The van der Waals surface area contributed by atoms with Crippen molar-refractivity contribution in [1.29, 1.82) is 0 Å². The summed E-state index contributed by atoms with van der Waals surface area (Å²) < 4.78 is 6.34. The molecule has 1 aromatic carbocycles. The monoisotopic (exact) mass is 314 g/mol. The van der Waals surface area contributed by atoms with Gasteiger partial charge in [0.1, 0.15) is 17.6 Å². The van der Waals surface area contributed by atoms with Gasteiger partial charge in [0.15, 0.2) is 0 Å². The van der Waals surface area contributed by atoms with Gasteiger partial charge in [0.25, 0.3) is 0 Å². The molecule has 0 spiro atoms. The van der Waals surface area contributed by atoms with E-state index < -0.39 is 0 Å². The Morgan fingerprint density at radius 1 is 1.26 bits per heavy atom. The van der Waals surface area contributed by atoms with E-state index in [1.807, 2.05) is 6.07 Å². The number of hydrogen-bond donors (Lipinski definition) is 1. The predicted molar refractivity (Wildman–Crippen MR) is 95.3 cm³/mol. The highest BCUT2D eigenvalue weighted by atomic mass is 16.5. The highest BCUT2D eigenvalue weighted by Gasteiger charge is 2.42. The molecule has 1 aromatic rings. The summed E-state index contributed by atoms with van der Waals surface area (Å²) in [5.74, 6) is 1.97. The van der Waals surface area contributed by atoms with Gasteiger partial charge in [-0.2, -0.15) is 0 Å². The number of fused-ring (bicyclic) bond motifs is 2. The summed E-state index contributed by atoms with van der Waals surface area (Å²) >= 11 is 0. The molecule has 1 aliphatic carbocycles. The molecule has 0 saturated carbocycles. The van der Waals surface area contributed by atoms with Crippen LogP contribution >= 0.6 is 0 Å². The van der Waals surface area contributed by atoms with Gasteiger partial charge >= 0.3 is 0 Å². The first kappa shape index (κ1) is 16.4. The molecule has 1 heterocycles. The van der Waals surface area contributed by atoms with E-state index in [4.69, 9.17) is 4.74 Å². The van der Waals surface area contributed by atoms with Crippen LogP contribution in [0, 0.1) is 5.92 Å². The molecular weight excluding hydrogens is 284 g/mol. The lowest BCUT2D eigenvalue weighted by atomic mass is 9.68. The number of benzene rings is 1. The van der Waals surface area contributed by atoms with Crippen LogP contribution in [0.25, 0.3) is 0 Å². The second-order valence-electron chi connectivity index (χ2n) is 7.91. The third-order valence-corrected chi connectivity index (χ3v) is 5.53. The second kappa shape index (κ2) is 6.22. The van der Waals surface area contributed by atoms with Crippen LogP contribution in [0.4, 0.5) is 0 Å². The summed E-state index contributed by atoms with van der Waals surface area (Å²) in [4.78, 5) is 0. The number of aromatic hydroxyl groups is 1. The SMILES string of the molecule is CCCCCc1cc(O)c2c(c1)OC1CC(C)CC=C1C2(C)C. The van der Waals surface area contributed by atoms with Crippen molar-refractivity contribution >= 4 is 0 Å². The van der Waals surface area contributed by atoms with Gasteiger partial charge in [-0.3, -0.25) is 0 Å². The zero-order valence-electron chi connectivity index (χ0n) is 15.0. The van der Waals surface area contributed by atoms with Crippen LogP contribution in [0.1, 0.15) is 70.9 Å². The molecule has 2 heteroatoms. The lowest BCUT2D eigenvalue weighted by Crippen LogP contribution is -2.40. The first-order valence-corrected chi connectivity index (χ1v) is 9.17. The minimum Gasteiger partial charge on any atom is -0.507 e. The Hall–Kier alpha value is -1.44. The maximum absolute atomic E-state index is 10.7. The summed E-state index contributed by atoms with van der Waals surface area (Å²) in [6.45, 7) is 8.95. The van der Waals surface area contributed by atoms with Crippen LogP contribution in [0.2, 0.25) is 0 Å². The lowest BCUT2D eigenvalue weighted by Gasteiger charge is -2.43. The molecule has 23 heavy (non-hydrogen) atoms. The number of ether oxygens (including phenoxy) is 1. The standard InChI is InChI=1S/C21H30O2/c1-5-6-7-8-15-12-17(22)20-19(13-15)23-18-11-14(2)9-10-16(18)21(20,3)4/h10,12-14,18,22H,5-9,11H2,1-4H3. The number of phenols is 1. The van der Waals surface area contributed by atoms with E-state index in [1.54, 1.807) is 0 Å². The molecule has 0 radical (unpaired) electrons. The van der Waals surface area contributed by atoms with Crippen molar-refractivity contribution in [3.63, 3.8) is 0 Å². The Morgan fingerprint density at radius 2 is 2.04 bits per heavy atom. The third-order valence-electron chi connectivity index (χ3n) is 5.53. The van der Waals surface area contributed by atoms with E-state index >= 15 is 0 Å². The molecule has 126 valence electrons.